The highest BCUT2D eigenvalue weighted by Gasteiger charge is 2.31. The average Bonchev–Trinajstić information content (AvgIpc) is 2.68. The first-order valence-corrected chi connectivity index (χ1v) is 7.36. The third kappa shape index (κ3) is 3.37. The molecule has 0 radical (unpaired) electrons. The number of nitrogens with one attached hydrogen (secondary N) is 4. The van der Waals surface area contributed by atoms with Crippen LogP contribution in [0.1, 0.15) is 26.7 Å². The highest BCUT2D eigenvalue weighted by Crippen LogP contribution is 2.25. The van der Waals surface area contributed by atoms with E-state index in [0.717, 1.165) is 37.4 Å². The van der Waals surface area contributed by atoms with Crippen LogP contribution in [0.15, 0.2) is 23.3 Å². The molecule has 0 unspecified atom stereocenters. The quantitative estimate of drug-likeness (QED) is 0.495. The SMILES string of the molecule is CC(C)NC1=C(N)C(=CC(=N)Cl)N(C2CCNCC2)N1. The van der Waals surface area contributed by atoms with E-state index >= 15 is 0 Å². The lowest BCUT2D eigenvalue weighted by Gasteiger charge is -2.34. The molecule has 20 heavy (non-hydrogen) atoms. The number of piperidine rings is 1. The highest BCUT2D eigenvalue weighted by atomic mass is 35.5. The summed E-state index contributed by atoms with van der Waals surface area (Å²) in [6.45, 7) is 6.09. The van der Waals surface area contributed by atoms with Crippen LogP contribution in [0.5, 0.6) is 0 Å². The first-order valence-electron chi connectivity index (χ1n) is 6.98. The first kappa shape index (κ1) is 15.0. The van der Waals surface area contributed by atoms with E-state index in [1.807, 2.05) is 5.01 Å². The Morgan fingerprint density at radius 3 is 2.70 bits per heavy atom. The summed E-state index contributed by atoms with van der Waals surface area (Å²) in [6.07, 6.45) is 3.66. The van der Waals surface area contributed by atoms with Gasteiger partial charge in [0.1, 0.15) is 11.0 Å². The fourth-order valence-corrected chi connectivity index (χ4v) is 2.62. The van der Waals surface area contributed by atoms with E-state index in [0.29, 0.717) is 11.7 Å². The van der Waals surface area contributed by atoms with Crippen molar-refractivity contribution in [2.24, 2.45) is 5.73 Å². The summed E-state index contributed by atoms with van der Waals surface area (Å²) in [7, 11) is 0. The molecule has 1 fully saturated rings. The van der Waals surface area contributed by atoms with Crippen molar-refractivity contribution in [2.75, 3.05) is 13.1 Å². The zero-order valence-electron chi connectivity index (χ0n) is 12.0. The smallest absolute Gasteiger partial charge is 0.144 e. The van der Waals surface area contributed by atoms with Crippen LogP contribution in [0, 0.1) is 5.41 Å². The van der Waals surface area contributed by atoms with Crippen molar-refractivity contribution in [3.05, 3.63) is 23.3 Å². The molecule has 0 saturated carbocycles. The molecule has 0 aliphatic carbocycles. The molecule has 0 aromatic carbocycles. The molecule has 0 spiro atoms. The maximum Gasteiger partial charge on any atom is 0.144 e. The predicted octanol–water partition coefficient (Wildman–Crippen LogP) is 0.784. The van der Waals surface area contributed by atoms with Crippen LogP contribution in [-0.4, -0.2) is 35.4 Å². The van der Waals surface area contributed by atoms with Crippen LogP contribution >= 0.6 is 11.6 Å². The minimum Gasteiger partial charge on any atom is -0.394 e. The van der Waals surface area contributed by atoms with Gasteiger partial charge in [-0.15, -0.1) is 0 Å². The number of nitrogens with zero attached hydrogens (tertiary/aromatic N) is 1. The molecule has 6 N–H and O–H groups in total. The molecule has 112 valence electrons. The number of allylic oxidation sites excluding steroid dienone is 1. The summed E-state index contributed by atoms with van der Waals surface area (Å²) in [6, 6.07) is 0.629. The maximum absolute atomic E-state index is 7.48. The molecule has 0 amide bonds. The van der Waals surface area contributed by atoms with Gasteiger partial charge in [0, 0.05) is 12.1 Å². The normalized spacial score (nSPS) is 22.6. The van der Waals surface area contributed by atoms with E-state index in [1.165, 1.54) is 0 Å². The van der Waals surface area contributed by atoms with E-state index < -0.39 is 0 Å². The second-order valence-corrected chi connectivity index (χ2v) is 5.84. The van der Waals surface area contributed by atoms with Gasteiger partial charge in [-0.2, -0.15) is 0 Å². The summed E-state index contributed by atoms with van der Waals surface area (Å²) in [5.74, 6) is 0.794. The third-order valence-electron chi connectivity index (χ3n) is 3.41. The van der Waals surface area contributed by atoms with Crippen molar-refractivity contribution in [3.8, 4) is 0 Å². The molecule has 6 nitrogen and oxygen atoms in total. The molecule has 7 heteroatoms. The van der Waals surface area contributed by atoms with Crippen LogP contribution in [0.25, 0.3) is 0 Å². The van der Waals surface area contributed by atoms with Gasteiger partial charge in [0.2, 0.25) is 0 Å². The molecular formula is C13H23ClN6. The lowest BCUT2D eigenvalue weighted by atomic mass is 10.1. The third-order valence-corrected chi connectivity index (χ3v) is 3.52. The molecule has 2 heterocycles. The summed E-state index contributed by atoms with van der Waals surface area (Å²) < 4.78 is 0. The Kier molecular flexibility index (Phi) is 4.77. The predicted molar refractivity (Wildman–Crippen MR) is 82.0 cm³/mol. The molecule has 0 atom stereocenters. The Hall–Kier alpha value is -1.40. The average molecular weight is 299 g/mol. The fourth-order valence-electron chi connectivity index (χ4n) is 2.52. The number of hydrogen-bond acceptors (Lipinski definition) is 6. The van der Waals surface area contributed by atoms with Crippen LogP contribution in [0.2, 0.25) is 0 Å². The second-order valence-electron chi connectivity index (χ2n) is 5.43. The number of rotatable bonds is 4. The Bertz CT molecular complexity index is 436. The van der Waals surface area contributed by atoms with Gasteiger partial charge in [-0.05, 0) is 39.8 Å². The van der Waals surface area contributed by atoms with E-state index in [9.17, 15) is 0 Å². The Labute approximate surface area is 124 Å². The molecule has 0 aromatic rings. The summed E-state index contributed by atoms with van der Waals surface area (Å²) >= 11 is 5.72. The van der Waals surface area contributed by atoms with Crippen molar-refractivity contribution in [2.45, 2.75) is 38.8 Å². The van der Waals surface area contributed by atoms with Crippen molar-refractivity contribution >= 4 is 16.8 Å². The van der Waals surface area contributed by atoms with Gasteiger partial charge in [-0.25, -0.2) is 0 Å². The van der Waals surface area contributed by atoms with Gasteiger partial charge in [0.05, 0.1) is 17.4 Å². The van der Waals surface area contributed by atoms with Crippen molar-refractivity contribution in [1.29, 1.82) is 5.41 Å². The molecule has 2 aliphatic heterocycles. The van der Waals surface area contributed by atoms with Crippen molar-refractivity contribution in [1.82, 2.24) is 21.1 Å². The lowest BCUT2D eigenvalue weighted by Crippen LogP contribution is -2.47. The van der Waals surface area contributed by atoms with E-state index in [-0.39, 0.29) is 11.2 Å². The van der Waals surface area contributed by atoms with E-state index in [1.54, 1.807) is 6.08 Å². The van der Waals surface area contributed by atoms with Crippen LogP contribution < -0.4 is 21.8 Å². The van der Waals surface area contributed by atoms with Gasteiger partial charge in [-0.3, -0.25) is 15.8 Å². The molecule has 2 rings (SSSR count). The fraction of sp³-hybridized carbons (Fsp3) is 0.615. The Morgan fingerprint density at radius 1 is 1.50 bits per heavy atom. The van der Waals surface area contributed by atoms with Gasteiger partial charge in [0.15, 0.2) is 0 Å². The van der Waals surface area contributed by atoms with Crippen molar-refractivity contribution in [3.63, 3.8) is 0 Å². The highest BCUT2D eigenvalue weighted by molar-refractivity contribution is 6.67. The zero-order chi connectivity index (χ0) is 14.7. The summed E-state index contributed by atoms with van der Waals surface area (Å²) in [5, 5.41) is 16.1. The number of hydrogen-bond donors (Lipinski definition) is 5. The molecule has 2 aliphatic rings. The van der Waals surface area contributed by atoms with Crippen molar-refractivity contribution < 1.29 is 0 Å². The number of halogens is 1. The van der Waals surface area contributed by atoms with Crippen LogP contribution in [0.3, 0.4) is 0 Å². The van der Waals surface area contributed by atoms with Gasteiger partial charge in [-0.1, -0.05) is 11.6 Å². The van der Waals surface area contributed by atoms with Gasteiger partial charge >= 0.3 is 0 Å². The monoisotopic (exact) mass is 298 g/mol. The van der Waals surface area contributed by atoms with Gasteiger partial charge < -0.3 is 16.4 Å². The minimum absolute atomic E-state index is 0.0190. The number of hydrazine groups is 1. The van der Waals surface area contributed by atoms with Crippen LogP contribution in [0.4, 0.5) is 0 Å². The van der Waals surface area contributed by atoms with Gasteiger partial charge in [0.25, 0.3) is 0 Å². The molecule has 0 bridgehead atoms. The summed E-state index contributed by atoms with van der Waals surface area (Å²) in [5.41, 5.74) is 10.9. The molecular weight excluding hydrogens is 276 g/mol. The van der Waals surface area contributed by atoms with Crippen LogP contribution in [-0.2, 0) is 0 Å². The Morgan fingerprint density at radius 2 is 2.15 bits per heavy atom. The largest absolute Gasteiger partial charge is 0.394 e. The molecule has 0 aromatic heterocycles. The minimum atomic E-state index is -0.0190. The topological polar surface area (TPSA) is 89.2 Å². The van der Waals surface area contributed by atoms with E-state index in [4.69, 9.17) is 22.7 Å². The molecule has 1 saturated heterocycles. The standard InChI is InChI=1S/C13H23ClN6/c1-8(2)18-13-12(16)10(7-11(14)15)20(19-13)9-3-5-17-6-4-9/h7-9,15,17-19H,3-6,16H2,1-2H3. The summed E-state index contributed by atoms with van der Waals surface area (Å²) in [4.78, 5) is 0. The zero-order valence-corrected chi connectivity index (χ0v) is 12.7. The second kappa shape index (κ2) is 6.37. The number of nitrogens with two attached hydrogens (primary N) is 1. The lowest BCUT2D eigenvalue weighted by molar-refractivity contribution is 0.174. The van der Waals surface area contributed by atoms with E-state index in [2.05, 4.69) is 29.9 Å². The first-order chi connectivity index (χ1) is 9.49. The maximum atomic E-state index is 7.48. The Balaban J connectivity index is 2.22.